The van der Waals surface area contributed by atoms with Crippen LogP contribution in [-0.2, 0) is 100 Å². The Morgan fingerprint density at radius 3 is 1.23 bits per heavy atom. The van der Waals surface area contributed by atoms with E-state index in [2.05, 4.69) is 42.1 Å². The average molecular weight is 1290 g/mol. The Morgan fingerprint density at radius 2 is 0.817 bits per heavy atom. The van der Waals surface area contributed by atoms with Crippen molar-refractivity contribution in [3.8, 4) is 0 Å². The van der Waals surface area contributed by atoms with Crippen LogP contribution in [0.2, 0.25) is 0 Å². The maximum absolute atomic E-state index is 13.5. The van der Waals surface area contributed by atoms with Gasteiger partial charge in [-0.3, -0.25) is 38.4 Å². The number of urea groups is 1. The summed E-state index contributed by atoms with van der Waals surface area (Å²) in [7, 11) is 0. The number of amides is 7. The molecule has 0 saturated carbocycles. The van der Waals surface area contributed by atoms with E-state index in [0.29, 0.717) is 90.5 Å². The van der Waals surface area contributed by atoms with Crippen LogP contribution in [0.25, 0.3) is 5.32 Å². The van der Waals surface area contributed by atoms with E-state index in [9.17, 15) is 83.1 Å². The van der Waals surface area contributed by atoms with Gasteiger partial charge in [-0.2, -0.15) is 11.3 Å². The molecule has 0 spiro atoms. The molecular weight excluding hydrogens is 1200 g/mol. The van der Waals surface area contributed by atoms with Crippen molar-refractivity contribution >= 4 is 96.6 Å². The zero-order valence-corrected chi connectivity index (χ0v) is 50.8. The second-order valence-electron chi connectivity index (χ2n) is 20.7. The first kappa shape index (κ1) is 78.6. The second kappa shape index (κ2) is 45.0. The normalized spacial score (nSPS) is 13.1. The van der Waals surface area contributed by atoms with E-state index in [1.54, 1.807) is 0 Å². The quantitative estimate of drug-likeness (QED) is 0.0304. The Bertz CT molecular complexity index is 2030. The molecule has 0 aliphatic heterocycles. The molecule has 13 N–H and O–H groups in total. The minimum atomic E-state index is -1.56. The molecule has 28 nitrogen and oxygen atoms in total. The molecule has 0 radical (unpaired) electrons. The first-order valence-electron chi connectivity index (χ1n) is 27.1. The van der Waals surface area contributed by atoms with E-state index in [0.717, 1.165) is 18.9 Å². The summed E-state index contributed by atoms with van der Waals surface area (Å²) in [5.41, 5.74) is 0. The standard InChI is InChI=1S/C51H88N9O18S2.O.Tc/c1-50(2,79)31-52-28-30-60(32-51(3,4)80)29-14-11-19-40(63)55-33(20-23-41(64)65)44(70)56-34(21-24-42(66)67)45(71)57-35(46(72)73)15-9-12-26-53-38(61)17-7-5-6-8-18-39(62)54-27-13-10-16-36(47(74)75)58-49(78)59-37(48(76)77)22-25-43(68)69;;/h33-37,79-80H,5-32H2,1-4H3,(H,53,61)(H,54,62)(H,55,63)(H,56,70)(H,57,71)(H,64,65)(H,66,67)(H,68,69)(H,72,73)(H,74,75)(H,76,77)(H2,58,59,78);;/q-1;;+4/p-2/t33-,34-,35+,36-,37-;;/m0../s1. The van der Waals surface area contributed by atoms with Crippen molar-refractivity contribution in [1.82, 2.24) is 42.1 Å². The van der Waals surface area contributed by atoms with Crippen molar-refractivity contribution in [2.24, 2.45) is 0 Å². The number of carbonyl (C=O) groups excluding carboxylic acids is 6. The number of hydrogen-bond donors (Lipinski definition) is 13. The Kier molecular flexibility index (Phi) is 43.1. The van der Waals surface area contributed by atoms with Crippen molar-refractivity contribution in [2.45, 2.75) is 202 Å². The van der Waals surface area contributed by atoms with Gasteiger partial charge in [0.2, 0.25) is 29.5 Å². The number of carboxylic acid groups (broad SMARTS) is 6. The molecule has 0 aromatic carbocycles. The Hall–Kier alpha value is -5.49. The molecule has 31 heteroatoms. The van der Waals surface area contributed by atoms with Crippen LogP contribution in [0.5, 0.6) is 0 Å². The van der Waals surface area contributed by atoms with Crippen molar-refractivity contribution in [2.75, 3.05) is 45.8 Å². The SMILES string of the molecule is CC(C)([S-])C[N-]CCN(CCCCC(=O)N[C@@H](CCC(=O)O)C(=O)N[C@@H](CCC(=O)O)C(=O)N[C@H](CCCCNC(=O)CCCCCCC(=O)NCCCC[C@H](NC(=O)N[C@@H](CCC(=O)O)C(=O)O)C(=O)O)C(=O)O)CC(C)(C)[S-].[O]=[Tc+4]. The van der Waals surface area contributed by atoms with Gasteiger partial charge in [0.15, 0.2) is 0 Å². The van der Waals surface area contributed by atoms with Gasteiger partial charge >= 0.3 is 64.2 Å². The Balaban J connectivity index is 0. The van der Waals surface area contributed by atoms with Crippen molar-refractivity contribution in [3.05, 3.63) is 5.32 Å². The predicted octanol–water partition coefficient (Wildman–Crippen LogP) is 1.61. The first-order valence-corrected chi connectivity index (χ1v) is 28.7. The first-order chi connectivity index (χ1) is 38.4. The molecule has 0 aliphatic rings. The second-order valence-corrected chi connectivity index (χ2v) is 23.0. The number of rotatable bonds is 48. The summed E-state index contributed by atoms with van der Waals surface area (Å²) in [5, 5.41) is 77.4. The van der Waals surface area contributed by atoms with Gasteiger partial charge < -0.3 is 103 Å². The van der Waals surface area contributed by atoms with E-state index >= 15 is 0 Å². The molecule has 0 heterocycles. The molecule has 467 valence electrons. The summed E-state index contributed by atoms with van der Waals surface area (Å²) in [6, 6.07) is -8.41. The maximum atomic E-state index is 13.5. The number of nitrogens with one attached hydrogen (secondary N) is 7. The predicted molar refractivity (Wildman–Crippen MR) is 297 cm³/mol. The fourth-order valence-electron chi connectivity index (χ4n) is 7.78. The summed E-state index contributed by atoms with van der Waals surface area (Å²) in [4.78, 5) is 148. The Labute approximate surface area is 500 Å². The number of carbonyl (C=O) groups is 12. The van der Waals surface area contributed by atoms with Gasteiger partial charge in [-0.1, -0.05) is 40.5 Å². The molecule has 7 amide bonds. The summed E-state index contributed by atoms with van der Waals surface area (Å²) in [6.07, 6.45) is 2.06. The Morgan fingerprint density at radius 1 is 0.439 bits per heavy atom. The van der Waals surface area contributed by atoms with Crippen LogP contribution >= 0.6 is 0 Å². The molecule has 0 aromatic rings. The van der Waals surface area contributed by atoms with E-state index in [-0.39, 0.29) is 74.6 Å². The van der Waals surface area contributed by atoms with Crippen LogP contribution in [-0.4, -0.2) is 192 Å². The van der Waals surface area contributed by atoms with Crippen LogP contribution in [0.3, 0.4) is 0 Å². The van der Waals surface area contributed by atoms with E-state index in [4.69, 9.17) is 33.9 Å². The van der Waals surface area contributed by atoms with Gasteiger partial charge in [-0.05, 0) is 103 Å². The number of aliphatic carboxylic acids is 6. The van der Waals surface area contributed by atoms with Gasteiger partial charge in [0.1, 0.15) is 30.2 Å². The van der Waals surface area contributed by atoms with Crippen LogP contribution in [0.15, 0.2) is 0 Å². The summed E-state index contributed by atoms with van der Waals surface area (Å²) < 4.78 is 7.46. The van der Waals surface area contributed by atoms with E-state index in [1.807, 2.05) is 33.0 Å². The molecule has 5 atom stereocenters. The topological polar surface area (TPSA) is 445 Å². The summed E-state index contributed by atoms with van der Waals surface area (Å²) in [5.74, 6) is -11.1. The van der Waals surface area contributed by atoms with E-state index in [1.165, 1.54) is 0 Å². The number of nitrogens with zero attached hydrogens (tertiary/aromatic N) is 2. The molecule has 0 unspecified atom stereocenters. The average Bonchev–Trinajstić information content (AvgIpc) is 3.37. The number of carboxylic acids is 6. The third kappa shape index (κ3) is 45.1. The molecule has 0 saturated heterocycles. The van der Waals surface area contributed by atoms with Gasteiger partial charge in [-0.15, -0.1) is 11.3 Å². The van der Waals surface area contributed by atoms with Crippen molar-refractivity contribution < 1.29 is 111 Å². The number of unbranched alkanes of at least 4 members (excludes halogenated alkanes) is 6. The van der Waals surface area contributed by atoms with Gasteiger partial charge in [0, 0.05) is 51.6 Å². The molecule has 0 bridgehead atoms. The van der Waals surface area contributed by atoms with Gasteiger partial charge in [-0.25, -0.2) is 19.2 Å². The summed E-state index contributed by atoms with van der Waals surface area (Å²) in [6.45, 7) is 11.1. The fraction of sp³-hybridized carbons (Fsp3) is 0.765. The third-order valence-electron chi connectivity index (χ3n) is 11.9. The zero-order chi connectivity index (χ0) is 62.8. The minimum absolute atomic E-state index is 0.0141. The zero-order valence-electron chi connectivity index (χ0n) is 47.3. The molecule has 0 aliphatic carbocycles. The third-order valence-corrected chi connectivity index (χ3v) is 12.1. The monoisotopic (exact) mass is 1290 g/mol. The van der Waals surface area contributed by atoms with Crippen LogP contribution < -0.4 is 37.2 Å². The van der Waals surface area contributed by atoms with E-state index < -0.39 is 127 Å². The van der Waals surface area contributed by atoms with Crippen LogP contribution in [0, 0.1) is 0 Å². The molecule has 0 aromatic heterocycles. The van der Waals surface area contributed by atoms with Crippen LogP contribution in [0.1, 0.15) is 163 Å². The van der Waals surface area contributed by atoms with Gasteiger partial charge in [0.05, 0.1) is 0 Å². The fourth-order valence-corrected chi connectivity index (χ4v) is 8.05. The molecular formula is C51H86N9O19S2Tc+. The van der Waals surface area contributed by atoms with Crippen molar-refractivity contribution in [1.29, 1.82) is 0 Å². The molecule has 0 fully saturated rings. The van der Waals surface area contributed by atoms with Crippen LogP contribution in [0.4, 0.5) is 4.79 Å². The van der Waals surface area contributed by atoms with Crippen molar-refractivity contribution in [3.63, 3.8) is 0 Å². The molecule has 0 rings (SSSR count). The van der Waals surface area contributed by atoms with Gasteiger partial charge in [0.25, 0.3) is 0 Å². The molecule has 82 heavy (non-hydrogen) atoms. The number of hydrogen-bond acceptors (Lipinski definition) is 16. The summed E-state index contributed by atoms with van der Waals surface area (Å²) >= 11 is 11.8.